The minimum atomic E-state index is 0.523. The van der Waals surface area contributed by atoms with Crippen LogP contribution in [0.1, 0.15) is 0 Å². The first-order valence-electron chi connectivity index (χ1n) is 19.6. The molecular formula is C54H34N4. The van der Waals surface area contributed by atoms with Gasteiger partial charge in [-0.05, 0) is 94.0 Å². The van der Waals surface area contributed by atoms with Gasteiger partial charge in [0.15, 0.2) is 17.5 Å². The van der Waals surface area contributed by atoms with E-state index in [0.717, 1.165) is 32.8 Å². The number of aromatic nitrogens is 4. The van der Waals surface area contributed by atoms with Crippen molar-refractivity contribution in [3.05, 3.63) is 206 Å². The summed E-state index contributed by atoms with van der Waals surface area (Å²) >= 11 is 0. The zero-order valence-electron chi connectivity index (χ0n) is 31.4. The molecule has 0 amide bonds. The summed E-state index contributed by atoms with van der Waals surface area (Å²) in [5.74, 6) is 1.70. The van der Waals surface area contributed by atoms with Crippen LogP contribution >= 0.6 is 0 Å². The zero-order chi connectivity index (χ0) is 38.4. The van der Waals surface area contributed by atoms with Crippen LogP contribution in [-0.4, -0.2) is 19.9 Å². The molecule has 4 nitrogen and oxygen atoms in total. The van der Waals surface area contributed by atoms with Gasteiger partial charge in [-0.3, -0.25) is 4.98 Å². The van der Waals surface area contributed by atoms with Crippen LogP contribution in [0.15, 0.2) is 206 Å². The fourth-order valence-electron chi connectivity index (χ4n) is 8.47. The summed E-state index contributed by atoms with van der Waals surface area (Å²) in [6, 6.07) is 70.9. The predicted molar refractivity (Wildman–Crippen MR) is 242 cm³/mol. The van der Waals surface area contributed by atoms with Crippen LogP contribution in [0, 0.1) is 0 Å². The van der Waals surface area contributed by atoms with Crippen LogP contribution in [0.2, 0.25) is 0 Å². The standard InChI is InChI=1S/C54H34N4/c1-2-16-39-35(14-1)15-13-25-40(39)36-27-29-37(30-28-36)52-56-53(58-54(57-52)51-26-11-12-33-55-51)38-31-32-49-47-23-8-7-21-45(47)43-19-4-3-17-41(43)42-18-5-6-20-44(42)46-22-9-10-24-48(46)50(49)34-38/h1-34H. The molecule has 0 radical (unpaired) electrons. The van der Waals surface area contributed by atoms with Gasteiger partial charge in [0.25, 0.3) is 0 Å². The quantitative estimate of drug-likeness (QED) is 0.180. The molecule has 2 heterocycles. The van der Waals surface area contributed by atoms with Crippen LogP contribution in [0.25, 0.3) is 110 Å². The molecule has 0 aliphatic carbocycles. The Morgan fingerprint density at radius 1 is 0.259 bits per heavy atom. The summed E-state index contributed by atoms with van der Waals surface area (Å²) in [7, 11) is 0. The van der Waals surface area contributed by atoms with Gasteiger partial charge < -0.3 is 0 Å². The van der Waals surface area contributed by atoms with E-state index in [1.54, 1.807) is 6.20 Å². The lowest BCUT2D eigenvalue weighted by molar-refractivity contribution is 1.06. The molecule has 58 heavy (non-hydrogen) atoms. The second-order valence-electron chi connectivity index (χ2n) is 14.6. The number of hydrogen-bond acceptors (Lipinski definition) is 4. The summed E-state index contributed by atoms with van der Waals surface area (Å²) in [5, 5.41) is 14.2. The number of benzene rings is 8. The van der Waals surface area contributed by atoms with Crippen LogP contribution in [-0.2, 0) is 0 Å². The molecule has 0 unspecified atom stereocenters. The van der Waals surface area contributed by atoms with Crippen molar-refractivity contribution in [1.29, 1.82) is 0 Å². The molecule has 0 atom stereocenters. The van der Waals surface area contributed by atoms with E-state index in [-0.39, 0.29) is 0 Å². The van der Waals surface area contributed by atoms with Crippen molar-refractivity contribution in [3.63, 3.8) is 0 Å². The van der Waals surface area contributed by atoms with Crippen LogP contribution in [0.5, 0.6) is 0 Å². The molecule has 0 spiro atoms. The summed E-state index contributed by atoms with van der Waals surface area (Å²) in [6.07, 6.45) is 1.78. The highest BCUT2D eigenvalue weighted by Crippen LogP contribution is 2.38. The molecule has 0 aliphatic heterocycles. The molecule has 0 aliphatic rings. The molecule has 11 rings (SSSR count). The SMILES string of the molecule is c1ccc(-c2nc(-c3ccc(-c4cccc5ccccc45)cc3)nc(-c3ccc4c5ccccc5c5ccccc5c5ccccc5c5ccccc5c4c3)n2)nc1. The number of fused-ring (bicyclic) bond motifs is 11. The number of pyridine rings is 1. The van der Waals surface area contributed by atoms with Crippen molar-refractivity contribution in [2.45, 2.75) is 0 Å². The van der Waals surface area contributed by atoms with Crippen LogP contribution in [0.3, 0.4) is 0 Å². The lowest BCUT2D eigenvalue weighted by Gasteiger charge is -2.12. The molecular weight excluding hydrogens is 705 g/mol. The Hall–Kier alpha value is -7.82. The second-order valence-corrected chi connectivity index (χ2v) is 14.6. The first-order valence-corrected chi connectivity index (χ1v) is 19.6. The predicted octanol–water partition coefficient (Wildman–Crippen LogP) is 14.0. The van der Waals surface area contributed by atoms with Crippen molar-refractivity contribution >= 4 is 64.6 Å². The minimum Gasteiger partial charge on any atom is -0.253 e. The highest BCUT2D eigenvalue weighted by Gasteiger charge is 2.16. The molecule has 0 bridgehead atoms. The van der Waals surface area contributed by atoms with E-state index in [2.05, 4.69) is 187 Å². The Kier molecular flexibility index (Phi) is 8.11. The zero-order valence-corrected chi connectivity index (χ0v) is 31.4. The third kappa shape index (κ3) is 5.78. The third-order valence-corrected chi connectivity index (χ3v) is 11.2. The summed E-state index contributed by atoms with van der Waals surface area (Å²) in [5.41, 5.74) is 4.81. The van der Waals surface area contributed by atoms with E-state index in [1.807, 2.05) is 18.2 Å². The van der Waals surface area contributed by atoms with Crippen LogP contribution in [0.4, 0.5) is 0 Å². The Labute approximate surface area is 335 Å². The van der Waals surface area contributed by atoms with Gasteiger partial charge in [0, 0.05) is 17.3 Å². The van der Waals surface area contributed by atoms with Gasteiger partial charge in [-0.25, -0.2) is 15.0 Å². The van der Waals surface area contributed by atoms with Gasteiger partial charge >= 0.3 is 0 Å². The Bertz CT molecular complexity index is 3370. The van der Waals surface area contributed by atoms with Crippen molar-refractivity contribution < 1.29 is 0 Å². The molecule has 2 aromatic heterocycles. The fourth-order valence-corrected chi connectivity index (χ4v) is 8.47. The molecule has 0 saturated carbocycles. The van der Waals surface area contributed by atoms with E-state index in [1.165, 1.54) is 54.0 Å². The monoisotopic (exact) mass is 738 g/mol. The molecule has 0 saturated heterocycles. The summed E-state index contributed by atoms with van der Waals surface area (Å²) < 4.78 is 0. The lowest BCUT2D eigenvalue weighted by atomic mass is 9.94. The fraction of sp³-hybridized carbons (Fsp3) is 0. The topological polar surface area (TPSA) is 51.6 Å². The van der Waals surface area contributed by atoms with E-state index in [9.17, 15) is 0 Å². The first-order chi connectivity index (χ1) is 28.8. The lowest BCUT2D eigenvalue weighted by Crippen LogP contribution is -2.01. The summed E-state index contributed by atoms with van der Waals surface area (Å²) in [4.78, 5) is 20.0. The van der Waals surface area contributed by atoms with E-state index in [4.69, 9.17) is 15.0 Å². The van der Waals surface area contributed by atoms with Gasteiger partial charge in [-0.15, -0.1) is 0 Å². The molecule has 0 fully saturated rings. The maximum absolute atomic E-state index is 5.19. The normalized spacial score (nSPS) is 11.4. The van der Waals surface area contributed by atoms with Crippen molar-refractivity contribution in [2.24, 2.45) is 0 Å². The van der Waals surface area contributed by atoms with Crippen LogP contribution < -0.4 is 0 Å². The van der Waals surface area contributed by atoms with Gasteiger partial charge in [0.05, 0.1) is 0 Å². The summed E-state index contributed by atoms with van der Waals surface area (Å²) in [6.45, 7) is 0. The third-order valence-electron chi connectivity index (χ3n) is 11.2. The molecule has 9 aromatic carbocycles. The Morgan fingerprint density at radius 3 is 1.22 bits per heavy atom. The first kappa shape index (κ1) is 33.5. The van der Waals surface area contributed by atoms with E-state index < -0.39 is 0 Å². The molecule has 270 valence electrons. The Morgan fingerprint density at radius 2 is 0.672 bits per heavy atom. The average Bonchev–Trinajstić information content (AvgIpc) is 3.31. The van der Waals surface area contributed by atoms with Crippen molar-refractivity contribution in [3.8, 4) is 45.4 Å². The number of nitrogens with zero attached hydrogens (tertiary/aromatic N) is 4. The van der Waals surface area contributed by atoms with Gasteiger partial charge in [0.2, 0.25) is 0 Å². The Balaban J connectivity index is 1.17. The highest BCUT2D eigenvalue weighted by molar-refractivity contribution is 6.26. The van der Waals surface area contributed by atoms with Gasteiger partial charge in [-0.1, -0.05) is 182 Å². The molecule has 4 heteroatoms. The van der Waals surface area contributed by atoms with Crippen molar-refractivity contribution in [2.75, 3.05) is 0 Å². The minimum absolute atomic E-state index is 0.523. The maximum Gasteiger partial charge on any atom is 0.182 e. The number of rotatable bonds is 4. The van der Waals surface area contributed by atoms with Gasteiger partial charge in [-0.2, -0.15) is 0 Å². The average molecular weight is 739 g/mol. The largest absolute Gasteiger partial charge is 0.253 e. The molecule has 0 N–H and O–H groups in total. The smallest absolute Gasteiger partial charge is 0.182 e. The maximum atomic E-state index is 5.19. The van der Waals surface area contributed by atoms with Crippen molar-refractivity contribution in [1.82, 2.24) is 19.9 Å². The number of hydrogen-bond donors (Lipinski definition) is 0. The van der Waals surface area contributed by atoms with E-state index in [0.29, 0.717) is 23.2 Å². The second kappa shape index (κ2) is 14.0. The highest BCUT2D eigenvalue weighted by atomic mass is 15.0. The molecule has 11 aromatic rings. The van der Waals surface area contributed by atoms with Gasteiger partial charge in [0.1, 0.15) is 5.69 Å². The van der Waals surface area contributed by atoms with E-state index >= 15 is 0 Å².